The van der Waals surface area contributed by atoms with Gasteiger partial charge < -0.3 is 25.2 Å². The molecule has 0 aromatic heterocycles. The lowest BCUT2D eigenvalue weighted by Crippen LogP contribution is -2.42. The number of hydrogen-bond donors (Lipinski definition) is 3. The number of fused-ring (bicyclic) bond motifs is 2. The Morgan fingerprint density at radius 1 is 1.22 bits per heavy atom. The number of benzene rings is 1. The molecule has 1 aromatic rings. The molecule has 27 heavy (non-hydrogen) atoms. The Morgan fingerprint density at radius 3 is 2.56 bits per heavy atom. The van der Waals surface area contributed by atoms with Crippen LogP contribution in [0.15, 0.2) is 24.3 Å². The quantitative estimate of drug-likeness (QED) is 0.691. The predicted octanol–water partition coefficient (Wildman–Crippen LogP) is 0.944. The molecule has 4 rings (SSSR count). The zero-order chi connectivity index (χ0) is 19.0. The van der Waals surface area contributed by atoms with Crippen molar-refractivity contribution in [2.75, 3.05) is 6.54 Å². The van der Waals surface area contributed by atoms with Crippen molar-refractivity contribution >= 4 is 5.91 Å². The molecule has 1 aliphatic carbocycles. The number of rotatable bonds is 6. The van der Waals surface area contributed by atoms with Crippen molar-refractivity contribution < 1.29 is 19.4 Å². The van der Waals surface area contributed by atoms with Crippen molar-refractivity contribution in [1.29, 1.82) is 0 Å². The largest absolute Gasteiger partial charge is 0.388 e. The van der Waals surface area contributed by atoms with E-state index >= 15 is 0 Å². The van der Waals surface area contributed by atoms with Gasteiger partial charge in [-0.15, -0.1) is 0 Å². The van der Waals surface area contributed by atoms with Gasteiger partial charge in [0.25, 0.3) is 0 Å². The second kappa shape index (κ2) is 7.87. The van der Waals surface area contributed by atoms with E-state index in [1.54, 1.807) is 0 Å². The average Bonchev–Trinajstić information content (AvgIpc) is 3.26. The summed E-state index contributed by atoms with van der Waals surface area (Å²) in [5.74, 6) is -0.0107. The summed E-state index contributed by atoms with van der Waals surface area (Å²) in [5, 5.41) is 17.0. The van der Waals surface area contributed by atoms with Gasteiger partial charge in [-0.05, 0) is 37.8 Å². The summed E-state index contributed by atoms with van der Waals surface area (Å²) in [7, 11) is 0. The van der Waals surface area contributed by atoms with Crippen molar-refractivity contribution in [3.05, 3.63) is 35.4 Å². The summed E-state index contributed by atoms with van der Waals surface area (Å²) in [6, 6.07) is 9.06. The highest BCUT2D eigenvalue weighted by atomic mass is 16.6. The standard InChI is InChI=1S/C21H30N2O4/c1-12(2)23-19(24)10-16-9-17-21(26-16)20(25)18(27-17)11-22-15-7-13-5-3-4-6-14(13)8-15/h3-6,12,15-18,20-22,25H,7-11H2,1-2H3,(H,23,24)/t16-,17+,18+,20+,21-/m0/s1. The van der Waals surface area contributed by atoms with Crippen LogP contribution in [0.1, 0.15) is 37.8 Å². The van der Waals surface area contributed by atoms with Gasteiger partial charge in [0.05, 0.1) is 24.7 Å². The minimum Gasteiger partial charge on any atom is -0.388 e. The Bertz CT molecular complexity index is 655. The zero-order valence-electron chi connectivity index (χ0n) is 16.1. The van der Waals surface area contributed by atoms with E-state index in [9.17, 15) is 9.90 Å². The first kappa shape index (κ1) is 18.9. The maximum absolute atomic E-state index is 11.9. The van der Waals surface area contributed by atoms with Crippen LogP contribution in [0.4, 0.5) is 0 Å². The number of aliphatic hydroxyl groups excluding tert-OH is 1. The third-order valence-electron chi connectivity index (χ3n) is 5.80. The molecule has 2 saturated heterocycles. The number of hydrogen-bond acceptors (Lipinski definition) is 5. The van der Waals surface area contributed by atoms with Crippen molar-refractivity contribution in [2.24, 2.45) is 0 Å². The Morgan fingerprint density at radius 2 is 1.93 bits per heavy atom. The minimum absolute atomic E-state index is 0.0107. The van der Waals surface area contributed by atoms with Gasteiger partial charge >= 0.3 is 0 Å². The second-order valence-electron chi connectivity index (χ2n) is 8.37. The third kappa shape index (κ3) is 4.19. The Labute approximate surface area is 160 Å². The van der Waals surface area contributed by atoms with Crippen molar-refractivity contribution in [3.8, 4) is 0 Å². The zero-order valence-corrected chi connectivity index (χ0v) is 16.1. The maximum atomic E-state index is 11.9. The van der Waals surface area contributed by atoms with Crippen LogP contribution in [0, 0.1) is 0 Å². The molecule has 6 nitrogen and oxygen atoms in total. The van der Waals surface area contributed by atoms with Crippen LogP contribution in [0.2, 0.25) is 0 Å². The number of aliphatic hydroxyl groups is 1. The molecule has 2 fully saturated rings. The number of carbonyl (C=O) groups is 1. The molecule has 2 aliphatic heterocycles. The smallest absolute Gasteiger partial charge is 0.222 e. The number of nitrogens with one attached hydrogen (secondary N) is 2. The van der Waals surface area contributed by atoms with Crippen LogP contribution in [0.25, 0.3) is 0 Å². The predicted molar refractivity (Wildman–Crippen MR) is 101 cm³/mol. The van der Waals surface area contributed by atoms with Crippen LogP contribution < -0.4 is 10.6 Å². The molecule has 0 bridgehead atoms. The van der Waals surface area contributed by atoms with E-state index in [1.807, 2.05) is 13.8 Å². The first-order valence-electron chi connectivity index (χ1n) is 10.1. The van der Waals surface area contributed by atoms with E-state index in [-0.39, 0.29) is 36.4 Å². The monoisotopic (exact) mass is 374 g/mol. The number of carbonyl (C=O) groups excluding carboxylic acids is 1. The maximum Gasteiger partial charge on any atom is 0.222 e. The summed E-state index contributed by atoms with van der Waals surface area (Å²) in [5.41, 5.74) is 2.82. The van der Waals surface area contributed by atoms with Gasteiger partial charge in [-0.3, -0.25) is 4.79 Å². The molecule has 0 radical (unpaired) electrons. The van der Waals surface area contributed by atoms with Gasteiger partial charge in [0.2, 0.25) is 5.91 Å². The summed E-state index contributed by atoms with van der Waals surface area (Å²) in [6.07, 6.45) is 1.51. The summed E-state index contributed by atoms with van der Waals surface area (Å²) in [4.78, 5) is 11.9. The molecule has 2 heterocycles. The highest BCUT2D eigenvalue weighted by Gasteiger charge is 2.50. The van der Waals surface area contributed by atoms with E-state index < -0.39 is 6.10 Å². The normalized spacial score (nSPS) is 32.7. The lowest BCUT2D eigenvalue weighted by Gasteiger charge is -2.22. The molecule has 6 heteroatoms. The van der Waals surface area contributed by atoms with Crippen LogP contribution >= 0.6 is 0 Å². The topological polar surface area (TPSA) is 79.8 Å². The van der Waals surface area contributed by atoms with Gasteiger partial charge in [0.15, 0.2) is 0 Å². The van der Waals surface area contributed by atoms with Gasteiger partial charge in [0.1, 0.15) is 12.2 Å². The van der Waals surface area contributed by atoms with Gasteiger partial charge in [-0.25, -0.2) is 0 Å². The Balaban J connectivity index is 1.23. The van der Waals surface area contributed by atoms with Gasteiger partial charge in [-0.1, -0.05) is 24.3 Å². The van der Waals surface area contributed by atoms with E-state index in [0.29, 0.717) is 25.4 Å². The van der Waals surface area contributed by atoms with Gasteiger partial charge in [-0.2, -0.15) is 0 Å². The molecular formula is C21H30N2O4. The molecule has 5 atom stereocenters. The fourth-order valence-corrected chi connectivity index (χ4v) is 4.58. The van der Waals surface area contributed by atoms with Crippen molar-refractivity contribution in [1.82, 2.24) is 10.6 Å². The third-order valence-corrected chi connectivity index (χ3v) is 5.80. The summed E-state index contributed by atoms with van der Waals surface area (Å²) >= 11 is 0. The molecular weight excluding hydrogens is 344 g/mol. The SMILES string of the molecule is CC(C)NC(=O)C[C@@H]1C[C@H]2O[C@H](CNC3Cc4ccccc4C3)[C@@H](O)[C@H]2O1. The summed E-state index contributed by atoms with van der Waals surface area (Å²) < 4.78 is 12.0. The molecule has 1 aromatic carbocycles. The Kier molecular flexibility index (Phi) is 5.50. The van der Waals surface area contributed by atoms with Crippen LogP contribution in [0.3, 0.4) is 0 Å². The summed E-state index contributed by atoms with van der Waals surface area (Å²) in [6.45, 7) is 4.50. The molecule has 1 amide bonds. The molecule has 0 unspecified atom stereocenters. The van der Waals surface area contributed by atoms with Crippen molar-refractivity contribution in [3.63, 3.8) is 0 Å². The molecule has 148 valence electrons. The second-order valence-corrected chi connectivity index (χ2v) is 8.37. The molecule has 3 aliphatic rings. The first-order valence-corrected chi connectivity index (χ1v) is 10.1. The minimum atomic E-state index is -0.649. The number of amides is 1. The molecule has 3 N–H and O–H groups in total. The van der Waals surface area contributed by atoms with E-state index in [4.69, 9.17) is 9.47 Å². The fourth-order valence-electron chi connectivity index (χ4n) is 4.58. The fraction of sp³-hybridized carbons (Fsp3) is 0.667. The molecule has 0 spiro atoms. The first-order chi connectivity index (χ1) is 13.0. The van der Waals surface area contributed by atoms with Gasteiger partial charge in [0, 0.05) is 25.0 Å². The lowest BCUT2D eigenvalue weighted by molar-refractivity contribution is -0.125. The van der Waals surface area contributed by atoms with E-state index in [2.05, 4.69) is 34.9 Å². The lowest BCUT2D eigenvalue weighted by atomic mass is 10.1. The van der Waals surface area contributed by atoms with Crippen LogP contribution in [-0.4, -0.2) is 60.2 Å². The molecule has 0 saturated carbocycles. The Hall–Kier alpha value is -1.47. The highest BCUT2D eigenvalue weighted by molar-refractivity contribution is 5.76. The van der Waals surface area contributed by atoms with E-state index in [1.165, 1.54) is 11.1 Å². The van der Waals surface area contributed by atoms with E-state index in [0.717, 1.165) is 12.8 Å². The van der Waals surface area contributed by atoms with Crippen LogP contribution in [-0.2, 0) is 27.1 Å². The average molecular weight is 374 g/mol. The highest BCUT2D eigenvalue weighted by Crippen LogP contribution is 2.35. The van der Waals surface area contributed by atoms with Crippen molar-refractivity contribution in [2.45, 2.75) is 82.1 Å². The van der Waals surface area contributed by atoms with Crippen LogP contribution in [0.5, 0.6) is 0 Å². The number of ether oxygens (including phenoxy) is 2.